The number of halogens is 1. The van der Waals surface area contributed by atoms with Gasteiger partial charge in [-0.1, -0.05) is 0 Å². The van der Waals surface area contributed by atoms with Crippen LogP contribution in [0.2, 0.25) is 0 Å². The first-order chi connectivity index (χ1) is 7.98. The monoisotopic (exact) mass is 240 g/mol. The van der Waals surface area contributed by atoms with E-state index in [9.17, 15) is 14.3 Å². The SMILES string of the molecule is COc1cc(C2(CC(=O)O)CC2)c(O)cc1F. The molecule has 1 fully saturated rings. The molecule has 1 aromatic carbocycles. The smallest absolute Gasteiger partial charge is 0.304 e. The van der Waals surface area contributed by atoms with Crippen LogP contribution in [0.1, 0.15) is 24.8 Å². The van der Waals surface area contributed by atoms with E-state index in [1.54, 1.807) is 0 Å². The zero-order valence-corrected chi connectivity index (χ0v) is 9.36. The minimum atomic E-state index is -0.926. The van der Waals surface area contributed by atoms with Crippen LogP contribution in [-0.2, 0) is 10.2 Å². The maximum atomic E-state index is 13.3. The van der Waals surface area contributed by atoms with E-state index in [-0.39, 0.29) is 17.9 Å². The molecule has 1 saturated carbocycles. The van der Waals surface area contributed by atoms with Gasteiger partial charge >= 0.3 is 5.97 Å². The van der Waals surface area contributed by atoms with Gasteiger partial charge in [0.1, 0.15) is 5.75 Å². The number of aromatic hydroxyl groups is 1. The minimum absolute atomic E-state index is 0.0227. The summed E-state index contributed by atoms with van der Waals surface area (Å²) in [5, 5.41) is 18.5. The van der Waals surface area contributed by atoms with Crippen molar-refractivity contribution in [2.45, 2.75) is 24.7 Å². The Morgan fingerprint density at radius 2 is 2.18 bits per heavy atom. The Morgan fingerprint density at radius 3 is 2.65 bits per heavy atom. The summed E-state index contributed by atoms with van der Waals surface area (Å²) in [5.74, 6) is -1.76. The molecule has 0 bridgehead atoms. The molecule has 4 nitrogen and oxygen atoms in total. The van der Waals surface area contributed by atoms with Gasteiger partial charge in [0.2, 0.25) is 0 Å². The maximum absolute atomic E-state index is 13.3. The summed E-state index contributed by atoms with van der Waals surface area (Å²) in [6.07, 6.45) is 1.30. The van der Waals surface area contributed by atoms with Gasteiger partial charge in [-0.3, -0.25) is 4.79 Å². The summed E-state index contributed by atoms with van der Waals surface area (Å²) in [7, 11) is 1.33. The van der Waals surface area contributed by atoms with Crippen molar-refractivity contribution < 1.29 is 24.1 Å². The molecule has 92 valence electrons. The number of carboxylic acids is 1. The predicted molar refractivity (Wildman–Crippen MR) is 57.8 cm³/mol. The number of phenols is 1. The van der Waals surface area contributed by atoms with Gasteiger partial charge in [0.25, 0.3) is 0 Å². The highest BCUT2D eigenvalue weighted by Gasteiger charge is 2.48. The van der Waals surface area contributed by atoms with Gasteiger partial charge in [-0.15, -0.1) is 0 Å². The molecule has 1 aliphatic rings. The number of rotatable bonds is 4. The van der Waals surface area contributed by atoms with Crippen LogP contribution in [0.3, 0.4) is 0 Å². The first-order valence-electron chi connectivity index (χ1n) is 5.27. The summed E-state index contributed by atoms with van der Waals surface area (Å²) in [6.45, 7) is 0. The van der Waals surface area contributed by atoms with Crippen molar-refractivity contribution in [2.75, 3.05) is 7.11 Å². The van der Waals surface area contributed by atoms with Crippen molar-refractivity contribution in [1.29, 1.82) is 0 Å². The Morgan fingerprint density at radius 1 is 1.53 bits per heavy atom. The Bertz CT molecular complexity index is 466. The molecule has 1 aromatic rings. The molecule has 0 radical (unpaired) electrons. The van der Waals surface area contributed by atoms with Crippen LogP contribution in [0.5, 0.6) is 11.5 Å². The standard InChI is InChI=1S/C12H13FO4/c1-17-10-4-7(9(14)5-8(10)13)12(2-3-12)6-11(15)16/h4-5,14H,2-3,6H2,1H3,(H,15,16). The van der Waals surface area contributed by atoms with Crippen LogP contribution >= 0.6 is 0 Å². The lowest BCUT2D eigenvalue weighted by Gasteiger charge is -2.16. The van der Waals surface area contributed by atoms with Crippen LogP contribution in [0, 0.1) is 5.82 Å². The van der Waals surface area contributed by atoms with Crippen molar-refractivity contribution in [1.82, 2.24) is 0 Å². The zero-order valence-electron chi connectivity index (χ0n) is 9.36. The second-order valence-electron chi connectivity index (χ2n) is 4.35. The van der Waals surface area contributed by atoms with Gasteiger partial charge in [0.15, 0.2) is 11.6 Å². The van der Waals surface area contributed by atoms with E-state index < -0.39 is 17.2 Å². The molecule has 2 N–H and O–H groups in total. The third kappa shape index (κ3) is 2.05. The van der Waals surface area contributed by atoms with Crippen molar-refractivity contribution in [3.8, 4) is 11.5 Å². The number of ether oxygens (including phenoxy) is 1. The van der Waals surface area contributed by atoms with Crippen LogP contribution in [-0.4, -0.2) is 23.3 Å². The highest BCUT2D eigenvalue weighted by atomic mass is 19.1. The number of phenolic OH excluding ortho intramolecular Hbond substituents is 1. The maximum Gasteiger partial charge on any atom is 0.304 e. The molecule has 0 atom stereocenters. The zero-order chi connectivity index (χ0) is 12.6. The minimum Gasteiger partial charge on any atom is -0.508 e. The fraction of sp³-hybridized carbons (Fsp3) is 0.417. The third-order valence-electron chi connectivity index (χ3n) is 3.18. The molecular formula is C12H13FO4. The predicted octanol–water partition coefficient (Wildman–Crippen LogP) is 2.05. The molecule has 0 unspecified atom stereocenters. The molecule has 1 aliphatic carbocycles. The Balaban J connectivity index is 2.42. The second-order valence-corrected chi connectivity index (χ2v) is 4.35. The molecule has 0 saturated heterocycles. The average Bonchev–Trinajstić information content (AvgIpc) is 2.97. The number of carboxylic acid groups (broad SMARTS) is 1. The highest BCUT2D eigenvalue weighted by molar-refractivity contribution is 5.70. The lowest BCUT2D eigenvalue weighted by Crippen LogP contribution is -2.13. The molecule has 17 heavy (non-hydrogen) atoms. The van der Waals surface area contributed by atoms with Crippen molar-refractivity contribution >= 4 is 5.97 Å². The summed E-state index contributed by atoms with van der Waals surface area (Å²) in [6, 6.07) is 2.36. The molecule has 0 heterocycles. The lowest BCUT2D eigenvalue weighted by atomic mass is 9.91. The van der Waals surface area contributed by atoms with Gasteiger partial charge in [-0.2, -0.15) is 0 Å². The van der Waals surface area contributed by atoms with Gasteiger partial charge in [0.05, 0.1) is 13.5 Å². The van der Waals surface area contributed by atoms with Gasteiger partial charge in [-0.25, -0.2) is 4.39 Å². The molecular weight excluding hydrogens is 227 g/mol. The summed E-state index contributed by atoms with van der Waals surface area (Å²) in [5.41, 5.74) is -0.102. The summed E-state index contributed by atoms with van der Waals surface area (Å²) >= 11 is 0. The molecule has 0 aromatic heterocycles. The topological polar surface area (TPSA) is 66.8 Å². The molecule has 2 rings (SSSR count). The molecule has 0 aliphatic heterocycles. The van der Waals surface area contributed by atoms with Crippen molar-refractivity contribution in [3.05, 3.63) is 23.5 Å². The Labute approximate surface area is 97.6 Å². The third-order valence-corrected chi connectivity index (χ3v) is 3.18. The lowest BCUT2D eigenvalue weighted by molar-refractivity contribution is -0.137. The summed E-state index contributed by atoms with van der Waals surface area (Å²) in [4.78, 5) is 10.8. The van der Waals surface area contributed by atoms with E-state index in [0.717, 1.165) is 6.07 Å². The van der Waals surface area contributed by atoms with E-state index >= 15 is 0 Å². The van der Waals surface area contributed by atoms with Gasteiger partial charge in [-0.05, 0) is 18.9 Å². The number of hydrogen-bond donors (Lipinski definition) is 2. The van der Waals surface area contributed by atoms with E-state index in [1.165, 1.54) is 13.2 Å². The first kappa shape index (κ1) is 11.7. The normalized spacial score (nSPS) is 16.6. The van der Waals surface area contributed by atoms with E-state index in [2.05, 4.69) is 0 Å². The van der Waals surface area contributed by atoms with E-state index in [0.29, 0.717) is 18.4 Å². The molecule has 5 heteroatoms. The fourth-order valence-electron chi connectivity index (χ4n) is 2.11. The second kappa shape index (κ2) is 3.91. The Hall–Kier alpha value is -1.78. The van der Waals surface area contributed by atoms with Crippen LogP contribution in [0.25, 0.3) is 0 Å². The number of aliphatic carboxylic acids is 1. The van der Waals surface area contributed by atoms with Crippen molar-refractivity contribution in [3.63, 3.8) is 0 Å². The number of methoxy groups -OCH3 is 1. The van der Waals surface area contributed by atoms with Crippen molar-refractivity contribution in [2.24, 2.45) is 0 Å². The van der Waals surface area contributed by atoms with Gasteiger partial charge in [0, 0.05) is 17.0 Å². The quantitative estimate of drug-likeness (QED) is 0.845. The summed E-state index contributed by atoms with van der Waals surface area (Å²) < 4.78 is 18.1. The Kier molecular flexibility index (Phi) is 2.69. The number of carbonyl (C=O) groups is 1. The van der Waals surface area contributed by atoms with E-state index in [4.69, 9.17) is 9.84 Å². The first-order valence-corrected chi connectivity index (χ1v) is 5.27. The van der Waals surface area contributed by atoms with Crippen LogP contribution in [0.15, 0.2) is 12.1 Å². The average molecular weight is 240 g/mol. The number of hydrogen-bond acceptors (Lipinski definition) is 3. The largest absolute Gasteiger partial charge is 0.508 e. The van der Waals surface area contributed by atoms with E-state index in [1.807, 2.05) is 0 Å². The molecule has 0 spiro atoms. The number of benzene rings is 1. The van der Waals surface area contributed by atoms with Gasteiger partial charge < -0.3 is 14.9 Å². The highest BCUT2D eigenvalue weighted by Crippen LogP contribution is 2.54. The fourth-order valence-corrected chi connectivity index (χ4v) is 2.11. The van der Waals surface area contributed by atoms with Crippen LogP contribution in [0.4, 0.5) is 4.39 Å². The van der Waals surface area contributed by atoms with Crippen LogP contribution < -0.4 is 4.74 Å². The molecule has 0 amide bonds.